The third-order valence-electron chi connectivity index (χ3n) is 3.92. The van der Waals surface area contributed by atoms with Crippen molar-refractivity contribution in [1.29, 1.82) is 0 Å². The van der Waals surface area contributed by atoms with Gasteiger partial charge >= 0.3 is 0 Å². The summed E-state index contributed by atoms with van der Waals surface area (Å²) in [5, 5.41) is 8.48. The Morgan fingerprint density at radius 1 is 1.18 bits per heavy atom. The number of nitrogens with one attached hydrogen (secondary N) is 2. The van der Waals surface area contributed by atoms with Crippen molar-refractivity contribution in [2.45, 2.75) is 25.3 Å². The zero-order valence-corrected chi connectivity index (χ0v) is 13.4. The molecule has 1 heterocycles. The van der Waals surface area contributed by atoms with Gasteiger partial charge in [0.05, 0.1) is 12.6 Å². The van der Waals surface area contributed by atoms with E-state index in [9.17, 15) is 4.79 Å². The molecule has 1 unspecified atom stereocenters. The molecule has 0 aliphatic heterocycles. The fourth-order valence-corrected chi connectivity index (χ4v) is 3.30. The van der Waals surface area contributed by atoms with Crippen molar-refractivity contribution in [3.8, 4) is 0 Å². The standard InChI is InChI=1S/C18H22N2OS/c21-18(13-19-12-15-8-9-15)20-16(17-7-4-10-22-17)11-14-5-2-1-3-6-14/h1-7,10,15-16,19H,8-9,11-13H2,(H,20,21). The Bertz CT molecular complexity index is 578. The van der Waals surface area contributed by atoms with Gasteiger partial charge in [-0.1, -0.05) is 36.4 Å². The second-order valence-corrected chi connectivity index (χ2v) is 6.88. The second-order valence-electron chi connectivity index (χ2n) is 5.90. The average Bonchev–Trinajstić information content (AvgIpc) is 3.18. The number of benzene rings is 1. The number of rotatable bonds is 8. The van der Waals surface area contributed by atoms with Crippen molar-refractivity contribution in [1.82, 2.24) is 10.6 Å². The topological polar surface area (TPSA) is 41.1 Å². The van der Waals surface area contributed by atoms with E-state index in [2.05, 4.69) is 34.2 Å². The number of hydrogen-bond donors (Lipinski definition) is 2. The van der Waals surface area contributed by atoms with E-state index in [-0.39, 0.29) is 11.9 Å². The van der Waals surface area contributed by atoms with Crippen LogP contribution in [0.3, 0.4) is 0 Å². The van der Waals surface area contributed by atoms with Crippen LogP contribution in [0.2, 0.25) is 0 Å². The number of amides is 1. The Kier molecular flexibility index (Phi) is 5.24. The highest BCUT2D eigenvalue weighted by Crippen LogP contribution is 2.27. The quantitative estimate of drug-likeness (QED) is 0.786. The molecule has 1 aromatic heterocycles. The van der Waals surface area contributed by atoms with Gasteiger partial charge in [-0.15, -0.1) is 11.3 Å². The van der Waals surface area contributed by atoms with Gasteiger partial charge in [-0.2, -0.15) is 0 Å². The van der Waals surface area contributed by atoms with Gasteiger partial charge in [-0.05, 0) is 48.7 Å². The van der Waals surface area contributed by atoms with Crippen molar-refractivity contribution in [2.75, 3.05) is 13.1 Å². The minimum atomic E-state index is 0.0534. The summed E-state index contributed by atoms with van der Waals surface area (Å²) in [6.45, 7) is 1.38. The maximum Gasteiger partial charge on any atom is 0.234 e. The number of thiophene rings is 1. The largest absolute Gasteiger partial charge is 0.347 e. The van der Waals surface area contributed by atoms with Gasteiger partial charge < -0.3 is 10.6 Å². The normalized spacial score (nSPS) is 15.5. The lowest BCUT2D eigenvalue weighted by atomic mass is 10.0. The molecule has 2 aromatic rings. The zero-order valence-electron chi connectivity index (χ0n) is 12.6. The zero-order chi connectivity index (χ0) is 15.2. The molecule has 3 rings (SSSR count). The highest BCUT2D eigenvalue weighted by atomic mass is 32.1. The Hall–Kier alpha value is -1.65. The van der Waals surface area contributed by atoms with Gasteiger partial charge in [0.15, 0.2) is 0 Å². The summed E-state index contributed by atoms with van der Waals surface area (Å²) >= 11 is 1.70. The lowest BCUT2D eigenvalue weighted by Crippen LogP contribution is -2.37. The van der Waals surface area contributed by atoms with Crippen LogP contribution in [0, 0.1) is 5.92 Å². The average molecular weight is 314 g/mol. The first-order valence-electron chi connectivity index (χ1n) is 7.88. The van der Waals surface area contributed by atoms with E-state index < -0.39 is 0 Å². The van der Waals surface area contributed by atoms with E-state index in [0.717, 1.165) is 18.9 Å². The van der Waals surface area contributed by atoms with E-state index in [4.69, 9.17) is 0 Å². The van der Waals surface area contributed by atoms with Crippen molar-refractivity contribution >= 4 is 17.2 Å². The Labute approximate surface area is 135 Å². The minimum absolute atomic E-state index is 0.0534. The second kappa shape index (κ2) is 7.56. The van der Waals surface area contributed by atoms with E-state index in [1.807, 2.05) is 24.3 Å². The Morgan fingerprint density at radius 3 is 2.68 bits per heavy atom. The van der Waals surface area contributed by atoms with Crippen LogP contribution >= 0.6 is 11.3 Å². The molecule has 1 fully saturated rings. The first-order valence-corrected chi connectivity index (χ1v) is 8.76. The molecule has 1 amide bonds. The highest BCUT2D eigenvalue weighted by molar-refractivity contribution is 7.10. The van der Waals surface area contributed by atoms with Gasteiger partial charge in [0.1, 0.15) is 0 Å². The molecule has 1 saturated carbocycles. The molecule has 22 heavy (non-hydrogen) atoms. The minimum Gasteiger partial charge on any atom is -0.347 e. The van der Waals surface area contributed by atoms with E-state index >= 15 is 0 Å². The van der Waals surface area contributed by atoms with Crippen LogP contribution in [-0.4, -0.2) is 19.0 Å². The molecule has 1 aliphatic carbocycles. The van der Waals surface area contributed by atoms with Crippen LogP contribution < -0.4 is 10.6 Å². The van der Waals surface area contributed by atoms with Crippen molar-refractivity contribution < 1.29 is 4.79 Å². The maximum absolute atomic E-state index is 12.2. The summed E-state index contributed by atoms with van der Waals surface area (Å²) in [6, 6.07) is 14.5. The molecular formula is C18H22N2OS. The molecule has 116 valence electrons. The van der Waals surface area contributed by atoms with Crippen molar-refractivity contribution in [3.05, 3.63) is 58.3 Å². The first-order chi connectivity index (χ1) is 10.8. The molecule has 2 N–H and O–H groups in total. The van der Waals surface area contributed by atoms with Crippen LogP contribution in [0.15, 0.2) is 47.8 Å². The summed E-state index contributed by atoms with van der Waals surface area (Å²) < 4.78 is 0. The predicted octanol–water partition coefficient (Wildman–Crippen LogP) is 3.15. The van der Waals surface area contributed by atoms with Gasteiger partial charge in [-0.3, -0.25) is 4.79 Å². The Morgan fingerprint density at radius 2 is 2.00 bits per heavy atom. The van der Waals surface area contributed by atoms with Crippen LogP contribution in [0.25, 0.3) is 0 Å². The van der Waals surface area contributed by atoms with Gasteiger partial charge in [0.2, 0.25) is 5.91 Å². The van der Waals surface area contributed by atoms with E-state index in [1.54, 1.807) is 11.3 Å². The molecule has 0 bridgehead atoms. The third-order valence-corrected chi connectivity index (χ3v) is 4.91. The molecular weight excluding hydrogens is 292 g/mol. The number of carbonyl (C=O) groups excluding carboxylic acids is 1. The molecule has 1 atom stereocenters. The highest BCUT2D eigenvalue weighted by Gasteiger charge is 2.21. The molecule has 0 radical (unpaired) electrons. The smallest absolute Gasteiger partial charge is 0.234 e. The van der Waals surface area contributed by atoms with Crippen LogP contribution in [-0.2, 0) is 11.2 Å². The van der Waals surface area contributed by atoms with Crippen molar-refractivity contribution in [2.24, 2.45) is 5.92 Å². The van der Waals surface area contributed by atoms with Crippen LogP contribution in [0.1, 0.15) is 29.3 Å². The first kappa shape index (κ1) is 15.3. The SMILES string of the molecule is O=C(CNCC1CC1)NC(Cc1ccccc1)c1cccs1. The fourth-order valence-electron chi connectivity index (χ4n) is 2.52. The Balaban J connectivity index is 1.57. The molecule has 3 nitrogen and oxygen atoms in total. The molecule has 4 heteroatoms. The van der Waals surface area contributed by atoms with Crippen LogP contribution in [0.5, 0.6) is 0 Å². The van der Waals surface area contributed by atoms with Crippen LogP contribution in [0.4, 0.5) is 0 Å². The van der Waals surface area contributed by atoms with Crippen molar-refractivity contribution in [3.63, 3.8) is 0 Å². The van der Waals surface area contributed by atoms with E-state index in [0.29, 0.717) is 6.54 Å². The van der Waals surface area contributed by atoms with Gasteiger partial charge in [0, 0.05) is 4.88 Å². The third kappa shape index (κ3) is 4.68. The lowest BCUT2D eigenvalue weighted by Gasteiger charge is -2.18. The predicted molar refractivity (Wildman–Crippen MR) is 90.9 cm³/mol. The lowest BCUT2D eigenvalue weighted by molar-refractivity contribution is -0.121. The van der Waals surface area contributed by atoms with Gasteiger partial charge in [0.25, 0.3) is 0 Å². The summed E-state index contributed by atoms with van der Waals surface area (Å²) in [4.78, 5) is 13.4. The summed E-state index contributed by atoms with van der Waals surface area (Å²) in [7, 11) is 0. The molecule has 1 aliphatic rings. The molecule has 0 spiro atoms. The maximum atomic E-state index is 12.2. The molecule has 0 saturated heterocycles. The number of hydrogen-bond acceptors (Lipinski definition) is 3. The van der Waals surface area contributed by atoms with E-state index in [1.165, 1.54) is 23.3 Å². The summed E-state index contributed by atoms with van der Waals surface area (Å²) in [6.07, 6.45) is 3.44. The monoisotopic (exact) mass is 314 g/mol. The number of carbonyl (C=O) groups is 1. The fraction of sp³-hybridized carbons (Fsp3) is 0.389. The summed E-state index contributed by atoms with van der Waals surface area (Å²) in [5.41, 5.74) is 1.24. The van der Waals surface area contributed by atoms with Gasteiger partial charge in [-0.25, -0.2) is 0 Å². The summed E-state index contributed by atoms with van der Waals surface area (Å²) in [5.74, 6) is 0.875. The molecule has 1 aromatic carbocycles.